The van der Waals surface area contributed by atoms with Gasteiger partial charge < -0.3 is 10.1 Å². The zero-order valence-corrected chi connectivity index (χ0v) is 11.6. The average Bonchev–Trinajstić information content (AvgIpc) is 2.93. The number of amides is 1. The molecular formula is C14H17N5O2. The van der Waals surface area contributed by atoms with Crippen molar-refractivity contribution in [3.63, 3.8) is 0 Å². The molecule has 2 aromatic rings. The molecule has 1 fully saturated rings. The first-order chi connectivity index (χ1) is 10.3. The first kappa shape index (κ1) is 13.5. The summed E-state index contributed by atoms with van der Waals surface area (Å²) in [5, 5.41) is 10.7. The predicted octanol–water partition coefficient (Wildman–Crippen LogP) is 1.69. The number of carbonyl (C=O) groups is 1. The molecule has 0 aromatic carbocycles. The van der Waals surface area contributed by atoms with Gasteiger partial charge in [0.15, 0.2) is 0 Å². The van der Waals surface area contributed by atoms with E-state index in [-0.39, 0.29) is 0 Å². The van der Waals surface area contributed by atoms with Gasteiger partial charge in [-0.2, -0.15) is 0 Å². The summed E-state index contributed by atoms with van der Waals surface area (Å²) in [6, 6.07) is 3.71. The van der Waals surface area contributed by atoms with Gasteiger partial charge in [-0.15, -0.1) is 5.10 Å². The molecule has 0 unspecified atom stereocenters. The zero-order valence-electron chi connectivity index (χ0n) is 11.6. The van der Waals surface area contributed by atoms with Gasteiger partial charge in [0.05, 0.1) is 31.2 Å². The van der Waals surface area contributed by atoms with Crippen molar-refractivity contribution in [2.24, 2.45) is 5.92 Å². The van der Waals surface area contributed by atoms with Crippen molar-refractivity contribution >= 4 is 6.09 Å². The molecule has 2 heterocycles. The third kappa shape index (κ3) is 3.56. The van der Waals surface area contributed by atoms with E-state index in [1.165, 1.54) is 6.42 Å². The maximum absolute atomic E-state index is 11.5. The van der Waals surface area contributed by atoms with Crippen molar-refractivity contribution in [1.29, 1.82) is 0 Å². The Kier molecular flexibility index (Phi) is 4.09. The van der Waals surface area contributed by atoms with E-state index in [1.807, 2.05) is 12.1 Å². The van der Waals surface area contributed by atoms with E-state index in [9.17, 15) is 4.79 Å². The molecule has 0 aliphatic heterocycles. The van der Waals surface area contributed by atoms with Gasteiger partial charge in [0.2, 0.25) is 0 Å². The molecule has 3 rings (SSSR count). The lowest BCUT2D eigenvalue weighted by Crippen LogP contribution is -2.28. The van der Waals surface area contributed by atoms with Crippen LogP contribution in [-0.4, -0.2) is 32.7 Å². The average molecular weight is 287 g/mol. The number of pyridine rings is 1. The standard InChI is InChI=1S/C14H17N5O2/c20-14(21-10-11-3-1-4-11)16-7-12-9-19(18-17-12)13-5-2-6-15-8-13/h2,5-6,8-9,11H,1,3-4,7,10H2,(H,16,20). The maximum Gasteiger partial charge on any atom is 0.407 e. The minimum atomic E-state index is -0.405. The Hall–Kier alpha value is -2.44. The van der Waals surface area contributed by atoms with Crippen LogP contribution in [0.5, 0.6) is 0 Å². The van der Waals surface area contributed by atoms with Gasteiger partial charge >= 0.3 is 6.09 Å². The van der Waals surface area contributed by atoms with Crippen LogP contribution in [0.4, 0.5) is 4.79 Å². The second-order valence-electron chi connectivity index (χ2n) is 5.11. The summed E-state index contributed by atoms with van der Waals surface area (Å²) in [5.74, 6) is 0.544. The highest BCUT2D eigenvalue weighted by molar-refractivity contribution is 5.67. The van der Waals surface area contributed by atoms with E-state index >= 15 is 0 Å². The van der Waals surface area contributed by atoms with E-state index in [2.05, 4.69) is 20.6 Å². The summed E-state index contributed by atoms with van der Waals surface area (Å²) in [6.45, 7) is 0.804. The van der Waals surface area contributed by atoms with Crippen molar-refractivity contribution in [1.82, 2.24) is 25.3 Å². The van der Waals surface area contributed by atoms with E-state index in [1.54, 1.807) is 23.3 Å². The highest BCUT2D eigenvalue weighted by Crippen LogP contribution is 2.26. The summed E-state index contributed by atoms with van der Waals surface area (Å²) in [7, 11) is 0. The number of aromatic nitrogens is 4. The van der Waals surface area contributed by atoms with Crippen LogP contribution in [0.3, 0.4) is 0 Å². The molecule has 7 heteroatoms. The van der Waals surface area contributed by atoms with Crippen molar-refractivity contribution in [3.8, 4) is 5.69 Å². The van der Waals surface area contributed by atoms with Crippen LogP contribution in [0.15, 0.2) is 30.7 Å². The summed E-state index contributed by atoms with van der Waals surface area (Å²) in [5.41, 5.74) is 1.49. The lowest BCUT2D eigenvalue weighted by atomic mass is 9.86. The fraction of sp³-hybridized carbons (Fsp3) is 0.429. The molecule has 110 valence electrons. The molecule has 0 bridgehead atoms. The van der Waals surface area contributed by atoms with Crippen LogP contribution >= 0.6 is 0 Å². The highest BCUT2D eigenvalue weighted by Gasteiger charge is 2.19. The van der Waals surface area contributed by atoms with Gasteiger partial charge in [0, 0.05) is 6.20 Å². The lowest BCUT2D eigenvalue weighted by Gasteiger charge is -2.24. The van der Waals surface area contributed by atoms with Crippen molar-refractivity contribution < 1.29 is 9.53 Å². The SMILES string of the molecule is O=C(NCc1cn(-c2cccnc2)nn1)OCC1CCC1. The third-order valence-corrected chi connectivity index (χ3v) is 3.54. The molecule has 1 N–H and O–H groups in total. The number of carbonyl (C=O) groups excluding carboxylic acids is 1. The smallest absolute Gasteiger partial charge is 0.407 e. The Morgan fingerprint density at radius 2 is 2.38 bits per heavy atom. The number of alkyl carbamates (subject to hydrolysis) is 1. The van der Waals surface area contributed by atoms with Crippen molar-refractivity contribution in [2.45, 2.75) is 25.8 Å². The van der Waals surface area contributed by atoms with Crippen LogP contribution in [0.2, 0.25) is 0 Å². The zero-order chi connectivity index (χ0) is 14.5. The molecule has 1 amide bonds. The summed E-state index contributed by atoms with van der Waals surface area (Å²) in [6.07, 6.45) is 8.30. The molecule has 0 saturated heterocycles. The summed E-state index contributed by atoms with van der Waals surface area (Å²) in [4.78, 5) is 15.6. The first-order valence-corrected chi connectivity index (χ1v) is 7.03. The van der Waals surface area contributed by atoms with Crippen molar-refractivity contribution in [3.05, 3.63) is 36.4 Å². The first-order valence-electron chi connectivity index (χ1n) is 7.03. The second-order valence-corrected chi connectivity index (χ2v) is 5.11. The van der Waals surface area contributed by atoms with Crippen LogP contribution in [0, 0.1) is 5.92 Å². The largest absolute Gasteiger partial charge is 0.449 e. The Morgan fingerprint density at radius 1 is 1.48 bits per heavy atom. The van der Waals surface area contributed by atoms with E-state index in [4.69, 9.17) is 4.74 Å². The molecule has 2 aromatic heterocycles. The Labute approximate surface area is 122 Å². The Morgan fingerprint density at radius 3 is 3.10 bits per heavy atom. The molecule has 21 heavy (non-hydrogen) atoms. The van der Waals surface area contributed by atoms with Gasteiger partial charge in [-0.1, -0.05) is 11.6 Å². The molecule has 1 aliphatic carbocycles. The number of rotatable bonds is 5. The highest BCUT2D eigenvalue weighted by atomic mass is 16.5. The molecular weight excluding hydrogens is 270 g/mol. The van der Waals surface area contributed by atoms with E-state index in [0.717, 1.165) is 18.5 Å². The Bertz CT molecular complexity index is 594. The topological polar surface area (TPSA) is 81.9 Å². The molecule has 0 radical (unpaired) electrons. The Balaban J connectivity index is 1.47. The number of ether oxygens (including phenoxy) is 1. The molecule has 1 aliphatic rings. The van der Waals surface area contributed by atoms with Gasteiger partial charge in [-0.25, -0.2) is 9.48 Å². The second kappa shape index (κ2) is 6.34. The molecule has 0 atom stereocenters. The number of hydrogen-bond acceptors (Lipinski definition) is 5. The number of nitrogens with zero attached hydrogens (tertiary/aromatic N) is 4. The van der Waals surface area contributed by atoms with E-state index < -0.39 is 6.09 Å². The van der Waals surface area contributed by atoms with Crippen molar-refractivity contribution in [2.75, 3.05) is 6.61 Å². The fourth-order valence-corrected chi connectivity index (χ4v) is 2.06. The molecule has 1 saturated carbocycles. The third-order valence-electron chi connectivity index (χ3n) is 3.54. The summed E-state index contributed by atoms with van der Waals surface area (Å²) >= 11 is 0. The van der Waals surface area contributed by atoms with Gasteiger partial charge in [-0.05, 0) is 30.9 Å². The molecule has 7 nitrogen and oxygen atoms in total. The van der Waals surface area contributed by atoms with E-state index in [0.29, 0.717) is 24.8 Å². The fourth-order valence-electron chi connectivity index (χ4n) is 2.06. The number of hydrogen-bond donors (Lipinski definition) is 1. The lowest BCUT2D eigenvalue weighted by molar-refractivity contribution is 0.103. The quantitative estimate of drug-likeness (QED) is 0.905. The monoisotopic (exact) mass is 287 g/mol. The summed E-state index contributed by atoms with van der Waals surface area (Å²) < 4.78 is 6.76. The van der Waals surface area contributed by atoms with Crippen LogP contribution < -0.4 is 5.32 Å². The van der Waals surface area contributed by atoms with Crippen LogP contribution in [-0.2, 0) is 11.3 Å². The minimum absolute atomic E-state index is 0.295. The maximum atomic E-state index is 11.5. The number of nitrogens with one attached hydrogen (secondary N) is 1. The normalized spacial score (nSPS) is 14.5. The van der Waals surface area contributed by atoms with Gasteiger partial charge in [0.25, 0.3) is 0 Å². The minimum Gasteiger partial charge on any atom is -0.449 e. The van der Waals surface area contributed by atoms with Gasteiger partial charge in [-0.3, -0.25) is 4.98 Å². The molecule has 0 spiro atoms. The predicted molar refractivity (Wildman–Crippen MR) is 74.7 cm³/mol. The van der Waals surface area contributed by atoms with Gasteiger partial charge in [0.1, 0.15) is 5.69 Å². The van der Waals surface area contributed by atoms with Crippen LogP contribution in [0.1, 0.15) is 25.0 Å². The van der Waals surface area contributed by atoms with Crippen LogP contribution in [0.25, 0.3) is 5.69 Å².